The molecule has 0 bridgehead atoms. The Balaban J connectivity index is 0.00000364. The van der Waals surface area contributed by atoms with E-state index in [1.54, 1.807) is 0 Å². The van der Waals surface area contributed by atoms with Gasteiger partial charge in [-0.15, -0.1) is 23.8 Å². The van der Waals surface area contributed by atoms with E-state index in [4.69, 9.17) is 9.97 Å². The molecule has 238 valence electrons. The van der Waals surface area contributed by atoms with Crippen LogP contribution in [0.5, 0.6) is 5.75 Å². The fourth-order valence-electron chi connectivity index (χ4n) is 6.73. The van der Waals surface area contributed by atoms with Crippen LogP contribution in [0.3, 0.4) is 0 Å². The minimum absolute atomic E-state index is 0. The van der Waals surface area contributed by atoms with Gasteiger partial charge < -0.3 is 14.9 Å². The smallest absolute Gasteiger partial charge is 0.165 e. The number of phenolic OH excluding ortho intramolecular Hbond substituents is 1. The minimum Gasteiger partial charge on any atom is -0.504 e. The van der Waals surface area contributed by atoms with Crippen LogP contribution >= 0.6 is 0 Å². The van der Waals surface area contributed by atoms with Crippen LogP contribution in [-0.2, 0) is 26.5 Å². The van der Waals surface area contributed by atoms with E-state index in [0.717, 1.165) is 56.3 Å². The van der Waals surface area contributed by atoms with E-state index in [0.29, 0.717) is 11.2 Å². The van der Waals surface area contributed by atoms with Gasteiger partial charge >= 0.3 is 0 Å². The fraction of sp³-hybridized carbons (Fsp3) is 0.0952. The minimum atomic E-state index is -0.246. The first-order valence-corrected chi connectivity index (χ1v) is 15.8. The third kappa shape index (κ3) is 5.25. The maximum atomic E-state index is 11.9. The van der Waals surface area contributed by atoms with E-state index in [1.807, 2.05) is 97.2 Å². The third-order valence-electron chi connectivity index (χ3n) is 9.13. The maximum Gasteiger partial charge on any atom is 0.165 e. The van der Waals surface area contributed by atoms with Crippen LogP contribution < -0.4 is 9.80 Å². The number of hydrogen-bond donors (Lipinski definition) is 1. The standard InChI is InChI=1S/C42H33N4O.Pt/c1-28-24-25-43-39(26-28)46-36-17-11-10-16-33(36)42(2,3)34-21-18-30(27-38(34)46)35-22-19-29-20-23-37(41(47)40(29)44-35)45(31-12-6-4-7-13-31)32-14-8-5-9-15-32;/h4-26,47H,1-3H3;/q-1;. The molecule has 8 rings (SSSR count). The largest absolute Gasteiger partial charge is 0.504 e. The number of para-hydroxylation sites is 3. The van der Waals surface area contributed by atoms with Crippen molar-refractivity contribution in [3.63, 3.8) is 0 Å². The van der Waals surface area contributed by atoms with Crippen molar-refractivity contribution in [2.45, 2.75) is 26.2 Å². The second-order valence-corrected chi connectivity index (χ2v) is 12.5. The number of aromatic hydroxyl groups is 1. The molecule has 7 aromatic rings. The molecule has 5 aromatic carbocycles. The van der Waals surface area contributed by atoms with Crippen molar-refractivity contribution in [1.29, 1.82) is 0 Å². The Labute approximate surface area is 295 Å². The van der Waals surface area contributed by atoms with Gasteiger partial charge in [0.2, 0.25) is 0 Å². The van der Waals surface area contributed by atoms with Gasteiger partial charge in [0.1, 0.15) is 11.3 Å². The Bertz CT molecular complexity index is 2230. The molecule has 0 spiro atoms. The van der Waals surface area contributed by atoms with Gasteiger partial charge in [-0.2, -0.15) is 0 Å². The van der Waals surface area contributed by atoms with Crippen LogP contribution in [0.2, 0.25) is 0 Å². The summed E-state index contributed by atoms with van der Waals surface area (Å²) in [6, 6.07) is 48.8. The Morgan fingerprint density at radius 2 is 1.40 bits per heavy atom. The molecule has 0 saturated heterocycles. The molecule has 3 heterocycles. The topological polar surface area (TPSA) is 52.5 Å². The number of nitrogens with zero attached hydrogens (tertiary/aromatic N) is 4. The fourth-order valence-corrected chi connectivity index (χ4v) is 6.73. The SMILES string of the molecule is Cc1ccnc(N2c3[c-]c(-c4ccc5ccc(N(c6ccccc6)c6ccccc6)c(O)c5n4)ccc3C(C)(C)c3ccccc32)c1.[Pt]. The van der Waals surface area contributed by atoms with Gasteiger partial charge in [0.25, 0.3) is 0 Å². The molecule has 6 heteroatoms. The zero-order valence-electron chi connectivity index (χ0n) is 26.8. The summed E-state index contributed by atoms with van der Waals surface area (Å²) in [6.45, 7) is 6.61. The summed E-state index contributed by atoms with van der Waals surface area (Å²) >= 11 is 0. The van der Waals surface area contributed by atoms with Gasteiger partial charge in [-0.3, -0.25) is 4.98 Å². The molecular weight excluding hydrogens is 772 g/mol. The molecule has 0 saturated carbocycles. The molecule has 1 aliphatic rings. The van der Waals surface area contributed by atoms with E-state index in [-0.39, 0.29) is 32.2 Å². The first-order valence-electron chi connectivity index (χ1n) is 15.8. The number of anilines is 6. The molecular formula is C42H33N4OPt-. The molecule has 0 atom stereocenters. The zero-order chi connectivity index (χ0) is 32.1. The molecule has 2 aromatic heterocycles. The third-order valence-corrected chi connectivity index (χ3v) is 9.13. The number of phenols is 1. The predicted octanol–water partition coefficient (Wildman–Crippen LogP) is 10.7. The number of pyridine rings is 2. The summed E-state index contributed by atoms with van der Waals surface area (Å²) in [5.74, 6) is 0.967. The van der Waals surface area contributed by atoms with Gasteiger partial charge in [0.15, 0.2) is 5.75 Å². The average Bonchev–Trinajstić information content (AvgIpc) is 3.10. The van der Waals surface area contributed by atoms with E-state index in [1.165, 1.54) is 5.56 Å². The molecule has 1 aliphatic heterocycles. The number of aromatic nitrogens is 2. The number of fused-ring (bicyclic) bond motifs is 3. The average molecular weight is 805 g/mol. The Morgan fingerprint density at radius 1 is 0.729 bits per heavy atom. The Kier molecular flexibility index (Phi) is 8.10. The number of aryl methyl sites for hydroxylation is 1. The molecule has 0 aliphatic carbocycles. The van der Waals surface area contributed by atoms with Crippen LogP contribution in [0, 0.1) is 13.0 Å². The summed E-state index contributed by atoms with van der Waals surface area (Å²) in [5.41, 5.74) is 9.97. The van der Waals surface area contributed by atoms with Gasteiger partial charge in [-0.1, -0.05) is 92.2 Å². The molecule has 0 fully saturated rings. The van der Waals surface area contributed by atoms with Crippen LogP contribution in [-0.4, -0.2) is 15.1 Å². The number of rotatable bonds is 5. The van der Waals surface area contributed by atoms with Crippen LogP contribution in [0.1, 0.15) is 30.5 Å². The molecule has 48 heavy (non-hydrogen) atoms. The monoisotopic (exact) mass is 804 g/mol. The molecule has 0 radical (unpaired) electrons. The second-order valence-electron chi connectivity index (χ2n) is 12.5. The van der Waals surface area contributed by atoms with Gasteiger partial charge in [0, 0.05) is 49.7 Å². The van der Waals surface area contributed by atoms with Crippen molar-refractivity contribution in [3.8, 4) is 17.0 Å². The van der Waals surface area contributed by atoms with Crippen LogP contribution in [0.4, 0.5) is 34.3 Å². The van der Waals surface area contributed by atoms with E-state index in [2.05, 4.69) is 79.1 Å². The summed E-state index contributed by atoms with van der Waals surface area (Å²) in [6.07, 6.45) is 1.86. The Morgan fingerprint density at radius 3 is 2.10 bits per heavy atom. The summed E-state index contributed by atoms with van der Waals surface area (Å²) in [5, 5.41) is 12.7. The van der Waals surface area contributed by atoms with Crippen LogP contribution in [0.25, 0.3) is 22.2 Å². The quantitative estimate of drug-likeness (QED) is 0.176. The van der Waals surface area contributed by atoms with Crippen molar-refractivity contribution in [2.75, 3.05) is 9.80 Å². The molecule has 5 nitrogen and oxygen atoms in total. The van der Waals surface area contributed by atoms with E-state index >= 15 is 0 Å². The molecule has 0 unspecified atom stereocenters. The van der Waals surface area contributed by atoms with Crippen molar-refractivity contribution >= 4 is 45.2 Å². The summed E-state index contributed by atoms with van der Waals surface area (Å²) in [7, 11) is 0. The summed E-state index contributed by atoms with van der Waals surface area (Å²) < 4.78 is 0. The van der Waals surface area contributed by atoms with E-state index < -0.39 is 0 Å². The Hall–Kier alpha value is -5.25. The zero-order valence-corrected chi connectivity index (χ0v) is 29.1. The molecule has 0 amide bonds. The van der Waals surface area contributed by atoms with Gasteiger partial charge in [-0.05, 0) is 83.4 Å². The van der Waals surface area contributed by atoms with Crippen molar-refractivity contribution in [1.82, 2.24) is 9.97 Å². The van der Waals surface area contributed by atoms with E-state index in [9.17, 15) is 5.11 Å². The van der Waals surface area contributed by atoms with Crippen molar-refractivity contribution in [2.24, 2.45) is 0 Å². The van der Waals surface area contributed by atoms with Crippen LogP contribution in [0.15, 0.2) is 140 Å². The normalized spacial score (nSPS) is 12.9. The van der Waals surface area contributed by atoms with Gasteiger partial charge in [-0.25, -0.2) is 4.98 Å². The predicted molar refractivity (Wildman–Crippen MR) is 192 cm³/mol. The second kappa shape index (κ2) is 12.4. The first kappa shape index (κ1) is 31.4. The van der Waals surface area contributed by atoms with Gasteiger partial charge in [0.05, 0.1) is 5.69 Å². The first-order chi connectivity index (χ1) is 22.9. The van der Waals surface area contributed by atoms with Crippen molar-refractivity contribution < 1.29 is 26.2 Å². The van der Waals surface area contributed by atoms with Crippen molar-refractivity contribution in [3.05, 3.63) is 162 Å². The number of benzene rings is 5. The molecule has 1 N–H and O–H groups in total. The number of hydrogen-bond acceptors (Lipinski definition) is 5. The maximum absolute atomic E-state index is 11.9. The summed E-state index contributed by atoms with van der Waals surface area (Å²) in [4.78, 5) is 14.1.